The van der Waals surface area contributed by atoms with Gasteiger partial charge in [0.15, 0.2) is 11.5 Å². The zero-order chi connectivity index (χ0) is 15.5. The SMILES string of the molecule is COc1cc2c(cc1OC)CN(Cc1ccc(Cl)nc1)CC2. The topological polar surface area (TPSA) is 34.6 Å². The number of methoxy groups -OCH3 is 2. The Hall–Kier alpha value is -1.78. The van der Waals surface area contributed by atoms with Gasteiger partial charge in [-0.2, -0.15) is 0 Å². The Bertz CT molecular complexity index is 658. The van der Waals surface area contributed by atoms with E-state index in [4.69, 9.17) is 21.1 Å². The zero-order valence-electron chi connectivity index (χ0n) is 12.8. The molecule has 116 valence electrons. The molecule has 22 heavy (non-hydrogen) atoms. The third kappa shape index (κ3) is 3.18. The molecule has 3 rings (SSSR count). The fraction of sp³-hybridized carbons (Fsp3) is 0.353. The first-order valence-electron chi connectivity index (χ1n) is 7.26. The van der Waals surface area contributed by atoms with Crippen LogP contribution in [0.3, 0.4) is 0 Å². The smallest absolute Gasteiger partial charge is 0.161 e. The first-order chi connectivity index (χ1) is 10.7. The molecule has 1 aliphatic heterocycles. The van der Waals surface area contributed by atoms with Crippen molar-refractivity contribution in [3.8, 4) is 11.5 Å². The number of aromatic nitrogens is 1. The van der Waals surface area contributed by atoms with Gasteiger partial charge in [-0.1, -0.05) is 17.7 Å². The maximum absolute atomic E-state index is 5.83. The molecule has 0 aliphatic carbocycles. The summed E-state index contributed by atoms with van der Waals surface area (Å²) in [5.74, 6) is 1.59. The lowest BCUT2D eigenvalue weighted by Crippen LogP contribution is -2.30. The van der Waals surface area contributed by atoms with Gasteiger partial charge in [-0.05, 0) is 41.3 Å². The van der Waals surface area contributed by atoms with Gasteiger partial charge < -0.3 is 9.47 Å². The number of ether oxygens (including phenoxy) is 2. The van der Waals surface area contributed by atoms with Crippen LogP contribution < -0.4 is 9.47 Å². The minimum atomic E-state index is 0.532. The van der Waals surface area contributed by atoms with Gasteiger partial charge in [0.1, 0.15) is 5.15 Å². The van der Waals surface area contributed by atoms with E-state index in [9.17, 15) is 0 Å². The zero-order valence-corrected chi connectivity index (χ0v) is 13.6. The van der Waals surface area contributed by atoms with Crippen LogP contribution in [-0.2, 0) is 19.5 Å². The van der Waals surface area contributed by atoms with Crippen molar-refractivity contribution in [3.05, 3.63) is 52.3 Å². The van der Waals surface area contributed by atoms with Crippen LogP contribution in [0.2, 0.25) is 5.15 Å². The van der Waals surface area contributed by atoms with E-state index in [1.165, 1.54) is 16.7 Å². The Kier molecular flexibility index (Phi) is 4.50. The van der Waals surface area contributed by atoms with E-state index in [1.54, 1.807) is 14.2 Å². The van der Waals surface area contributed by atoms with Crippen molar-refractivity contribution in [1.29, 1.82) is 0 Å². The van der Waals surface area contributed by atoms with E-state index in [-0.39, 0.29) is 0 Å². The van der Waals surface area contributed by atoms with Crippen molar-refractivity contribution in [2.24, 2.45) is 0 Å². The minimum absolute atomic E-state index is 0.532. The van der Waals surface area contributed by atoms with Crippen LogP contribution in [0.5, 0.6) is 11.5 Å². The van der Waals surface area contributed by atoms with Gasteiger partial charge in [-0.15, -0.1) is 0 Å². The average Bonchev–Trinajstić information content (AvgIpc) is 2.55. The molecule has 4 nitrogen and oxygen atoms in total. The second-order valence-electron chi connectivity index (χ2n) is 5.43. The molecule has 0 saturated carbocycles. The van der Waals surface area contributed by atoms with Gasteiger partial charge in [0.05, 0.1) is 14.2 Å². The fourth-order valence-electron chi connectivity index (χ4n) is 2.83. The number of nitrogens with zero attached hydrogens (tertiary/aromatic N) is 2. The highest BCUT2D eigenvalue weighted by atomic mass is 35.5. The Morgan fingerprint density at radius 1 is 1.14 bits per heavy atom. The molecule has 0 spiro atoms. The summed E-state index contributed by atoms with van der Waals surface area (Å²) in [4.78, 5) is 6.54. The molecule has 1 aromatic heterocycles. The molecule has 0 amide bonds. The lowest BCUT2D eigenvalue weighted by atomic mass is 9.98. The summed E-state index contributed by atoms with van der Waals surface area (Å²) < 4.78 is 10.8. The first-order valence-corrected chi connectivity index (χ1v) is 7.64. The molecule has 2 heterocycles. The summed E-state index contributed by atoms with van der Waals surface area (Å²) in [5, 5.41) is 0.532. The summed E-state index contributed by atoms with van der Waals surface area (Å²) in [7, 11) is 3.34. The number of pyridine rings is 1. The van der Waals surface area contributed by atoms with Gasteiger partial charge in [0.2, 0.25) is 0 Å². The molecule has 0 fully saturated rings. The molecule has 1 aliphatic rings. The minimum Gasteiger partial charge on any atom is -0.493 e. The molecule has 0 saturated heterocycles. The molecule has 0 radical (unpaired) electrons. The number of halogens is 1. The van der Waals surface area contributed by atoms with E-state index >= 15 is 0 Å². The van der Waals surface area contributed by atoms with Crippen molar-refractivity contribution in [2.45, 2.75) is 19.5 Å². The number of hydrogen-bond acceptors (Lipinski definition) is 4. The second kappa shape index (κ2) is 6.55. The second-order valence-corrected chi connectivity index (χ2v) is 5.81. The van der Waals surface area contributed by atoms with Crippen molar-refractivity contribution in [1.82, 2.24) is 9.88 Å². The van der Waals surface area contributed by atoms with Gasteiger partial charge in [-0.25, -0.2) is 4.98 Å². The van der Waals surface area contributed by atoms with Crippen LogP contribution in [0.25, 0.3) is 0 Å². The van der Waals surface area contributed by atoms with E-state index < -0.39 is 0 Å². The van der Waals surface area contributed by atoms with Crippen LogP contribution in [-0.4, -0.2) is 30.6 Å². The Morgan fingerprint density at radius 2 is 1.86 bits per heavy atom. The van der Waals surface area contributed by atoms with Crippen LogP contribution in [0, 0.1) is 0 Å². The van der Waals surface area contributed by atoms with E-state index in [0.717, 1.165) is 37.6 Å². The Balaban J connectivity index is 1.76. The molecule has 1 aromatic carbocycles. The Morgan fingerprint density at radius 3 is 2.50 bits per heavy atom. The van der Waals surface area contributed by atoms with Crippen LogP contribution >= 0.6 is 11.6 Å². The third-order valence-electron chi connectivity index (χ3n) is 3.99. The van der Waals surface area contributed by atoms with Gasteiger partial charge >= 0.3 is 0 Å². The normalized spacial score (nSPS) is 14.5. The monoisotopic (exact) mass is 318 g/mol. The lowest BCUT2D eigenvalue weighted by molar-refractivity contribution is 0.244. The van der Waals surface area contributed by atoms with Crippen LogP contribution in [0.4, 0.5) is 0 Å². The van der Waals surface area contributed by atoms with E-state index in [0.29, 0.717) is 5.15 Å². The molecule has 0 N–H and O–H groups in total. The van der Waals surface area contributed by atoms with Crippen molar-refractivity contribution in [2.75, 3.05) is 20.8 Å². The molecular weight excluding hydrogens is 300 g/mol. The number of rotatable bonds is 4. The molecule has 0 bridgehead atoms. The van der Waals surface area contributed by atoms with Gasteiger partial charge in [-0.3, -0.25) is 4.90 Å². The molecule has 5 heteroatoms. The van der Waals surface area contributed by atoms with Gasteiger partial charge in [0.25, 0.3) is 0 Å². The summed E-state index contributed by atoms with van der Waals surface area (Å²) in [6, 6.07) is 8.04. The highest BCUT2D eigenvalue weighted by Gasteiger charge is 2.19. The highest BCUT2D eigenvalue weighted by molar-refractivity contribution is 6.29. The summed E-state index contributed by atoms with van der Waals surface area (Å²) >= 11 is 5.83. The molecular formula is C17H19ClN2O2. The Labute approximate surface area is 135 Å². The summed E-state index contributed by atoms with van der Waals surface area (Å²) in [5.41, 5.74) is 3.81. The van der Waals surface area contributed by atoms with Crippen LogP contribution in [0.1, 0.15) is 16.7 Å². The molecule has 0 atom stereocenters. The standard InChI is InChI=1S/C17H19ClN2O2/c1-21-15-7-13-5-6-20(11-14(13)8-16(15)22-2)10-12-3-4-17(18)19-9-12/h3-4,7-9H,5-6,10-11H2,1-2H3. The number of hydrogen-bond donors (Lipinski definition) is 0. The third-order valence-corrected chi connectivity index (χ3v) is 4.22. The van der Waals surface area contributed by atoms with Crippen molar-refractivity contribution >= 4 is 11.6 Å². The fourth-order valence-corrected chi connectivity index (χ4v) is 2.95. The predicted molar refractivity (Wildman–Crippen MR) is 86.6 cm³/mol. The van der Waals surface area contributed by atoms with Crippen molar-refractivity contribution < 1.29 is 9.47 Å². The quantitative estimate of drug-likeness (QED) is 0.810. The highest BCUT2D eigenvalue weighted by Crippen LogP contribution is 2.33. The van der Waals surface area contributed by atoms with E-state index in [2.05, 4.69) is 22.0 Å². The summed E-state index contributed by atoms with van der Waals surface area (Å²) in [6.07, 6.45) is 2.85. The van der Waals surface area contributed by atoms with Gasteiger partial charge in [0, 0.05) is 25.8 Å². The summed E-state index contributed by atoms with van der Waals surface area (Å²) in [6.45, 7) is 2.79. The number of benzene rings is 1. The first kappa shape index (κ1) is 15.1. The maximum atomic E-state index is 5.83. The molecule has 0 unspecified atom stereocenters. The van der Waals surface area contributed by atoms with Crippen LogP contribution in [0.15, 0.2) is 30.5 Å². The lowest BCUT2D eigenvalue weighted by Gasteiger charge is -2.29. The largest absolute Gasteiger partial charge is 0.493 e. The maximum Gasteiger partial charge on any atom is 0.161 e. The van der Waals surface area contributed by atoms with E-state index in [1.807, 2.05) is 18.3 Å². The predicted octanol–water partition coefficient (Wildman–Crippen LogP) is 3.31. The molecule has 2 aromatic rings. The average molecular weight is 319 g/mol. The van der Waals surface area contributed by atoms with Crippen molar-refractivity contribution in [3.63, 3.8) is 0 Å². The number of fused-ring (bicyclic) bond motifs is 1.